The number of phenolic OH excluding ortho intramolecular Hbond substituents is 1. The second-order valence-corrected chi connectivity index (χ2v) is 6.07. The van der Waals surface area contributed by atoms with Gasteiger partial charge in [0.25, 0.3) is 5.91 Å². The van der Waals surface area contributed by atoms with Crippen molar-refractivity contribution >= 4 is 34.7 Å². The number of thiazole rings is 1. The van der Waals surface area contributed by atoms with Crippen LogP contribution in [-0.4, -0.2) is 39.1 Å². The van der Waals surface area contributed by atoms with Crippen LogP contribution in [-0.2, 0) is 0 Å². The number of carbonyl (C=O) groups is 2. The van der Waals surface area contributed by atoms with Crippen LogP contribution in [0.2, 0.25) is 0 Å². The number of nitrogens with zero attached hydrogens (tertiary/aromatic N) is 2. The van der Waals surface area contributed by atoms with Gasteiger partial charge in [0.15, 0.2) is 0 Å². The van der Waals surface area contributed by atoms with Crippen molar-refractivity contribution in [1.29, 1.82) is 0 Å². The number of nitrogens with one attached hydrogen (secondary N) is 2. The number of phenols is 1. The highest BCUT2D eigenvalue weighted by molar-refractivity contribution is 7.13. The molecule has 0 fully saturated rings. The van der Waals surface area contributed by atoms with Crippen LogP contribution in [0.5, 0.6) is 5.75 Å². The molecule has 0 bridgehead atoms. The lowest BCUT2D eigenvalue weighted by molar-refractivity contribution is 0.0696. The molecule has 3 aromatic rings. The summed E-state index contributed by atoms with van der Waals surface area (Å²) in [6.45, 7) is 0. The summed E-state index contributed by atoms with van der Waals surface area (Å²) in [5, 5.41) is 26.5. The first-order valence-electron chi connectivity index (χ1n) is 7.45. The van der Waals surface area contributed by atoms with Gasteiger partial charge in [-0.2, -0.15) is 0 Å². The van der Waals surface area contributed by atoms with E-state index in [0.29, 0.717) is 10.8 Å². The number of aromatic hydroxyl groups is 1. The van der Waals surface area contributed by atoms with Gasteiger partial charge in [0.05, 0.1) is 11.3 Å². The van der Waals surface area contributed by atoms with Crippen molar-refractivity contribution in [3.63, 3.8) is 0 Å². The first-order valence-corrected chi connectivity index (χ1v) is 8.33. The molecule has 0 atom stereocenters. The minimum Gasteiger partial charge on any atom is -0.506 e. The fourth-order valence-electron chi connectivity index (χ4n) is 2.17. The predicted molar refractivity (Wildman–Crippen MR) is 97.9 cm³/mol. The number of hydrogen-bond donors (Lipinski definition) is 4. The molecule has 1 amide bonds. The van der Waals surface area contributed by atoms with E-state index in [1.54, 1.807) is 24.7 Å². The number of carboxylic acids is 1. The number of amides is 1. The van der Waals surface area contributed by atoms with Gasteiger partial charge >= 0.3 is 5.97 Å². The highest BCUT2D eigenvalue weighted by Gasteiger charge is 2.15. The molecule has 0 saturated heterocycles. The maximum Gasteiger partial charge on any atom is 0.335 e. The Bertz CT molecular complexity index is 986. The summed E-state index contributed by atoms with van der Waals surface area (Å²) in [7, 11) is 1.75. The topological polar surface area (TPSA) is 124 Å². The molecule has 0 unspecified atom stereocenters. The molecule has 2 aromatic heterocycles. The second kappa shape index (κ2) is 7.19. The van der Waals surface area contributed by atoms with Gasteiger partial charge in [0, 0.05) is 24.2 Å². The summed E-state index contributed by atoms with van der Waals surface area (Å²) < 4.78 is 0. The van der Waals surface area contributed by atoms with E-state index in [-0.39, 0.29) is 22.7 Å². The number of anilines is 2. The van der Waals surface area contributed by atoms with E-state index in [1.165, 1.54) is 29.5 Å². The van der Waals surface area contributed by atoms with Gasteiger partial charge in [-0.25, -0.2) is 14.8 Å². The van der Waals surface area contributed by atoms with Crippen LogP contribution in [0.15, 0.2) is 41.9 Å². The largest absolute Gasteiger partial charge is 0.506 e. The molecule has 132 valence electrons. The van der Waals surface area contributed by atoms with E-state index in [2.05, 4.69) is 20.6 Å². The average Bonchev–Trinajstić information content (AvgIpc) is 3.13. The van der Waals surface area contributed by atoms with Gasteiger partial charge in [-0.15, -0.1) is 11.3 Å². The Morgan fingerprint density at radius 1 is 1.19 bits per heavy atom. The van der Waals surface area contributed by atoms with Crippen molar-refractivity contribution < 1.29 is 19.8 Å². The fraction of sp³-hybridized carbons (Fsp3) is 0.0588. The highest BCUT2D eigenvalue weighted by atomic mass is 32.1. The maximum atomic E-state index is 12.4. The van der Waals surface area contributed by atoms with E-state index in [1.807, 2.05) is 6.07 Å². The number of aromatic nitrogens is 2. The Labute approximate surface area is 152 Å². The molecule has 4 N–H and O–H groups in total. The number of aromatic carboxylic acids is 1. The van der Waals surface area contributed by atoms with E-state index in [9.17, 15) is 14.7 Å². The Balaban J connectivity index is 1.82. The first-order chi connectivity index (χ1) is 12.5. The normalized spacial score (nSPS) is 10.3. The van der Waals surface area contributed by atoms with Crippen LogP contribution < -0.4 is 10.6 Å². The molecule has 0 aliphatic carbocycles. The number of carboxylic acid groups (broad SMARTS) is 1. The van der Waals surface area contributed by atoms with Crippen LogP contribution in [0.1, 0.15) is 20.8 Å². The number of pyridine rings is 1. The highest BCUT2D eigenvalue weighted by Crippen LogP contribution is 2.27. The third-order valence-corrected chi connectivity index (χ3v) is 4.38. The van der Waals surface area contributed by atoms with Gasteiger partial charge in [-0.1, -0.05) is 0 Å². The summed E-state index contributed by atoms with van der Waals surface area (Å²) in [6.07, 6.45) is 1.64. The average molecular weight is 370 g/mol. The Morgan fingerprint density at radius 3 is 2.73 bits per heavy atom. The van der Waals surface area contributed by atoms with E-state index in [4.69, 9.17) is 5.11 Å². The molecule has 0 saturated carbocycles. The molecule has 1 aromatic carbocycles. The van der Waals surface area contributed by atoms with Gasteiger partial charge in [0.1, 0.15) is 22.3 Å². The SMILES string of the molecule is CNc1cc(-c2nc(C(=O)Nc3cc(C(=O)O)ccc3O)cs2)ccn1. The van der Waals surface area contributed by atoms with Crippen molar-refractivity contribution in [3.8, 4) is 16.3 Å². The van der Waals surface area contributed by atoms with E-state index >= 15 is 0 Å². The van der Waals surface area contributed by atoms with Gasteiger partial charge in [-0.3, -0.25) is 4.79 Å². The monoisotopic (exact) mass is 370 g/mol. The molecule has 0 aliphatic rings. The Hall–Kier alpha value is -3.46. The maximum absolute atomic E-state index is 12.4. The molecule has 26 heavy (non-hydrogen) atoms. The molecule has 0 radical (unpaired) electrons. The molecule has 3 rings (SSSR count). The zero-order valence-corrected chi connectivity index (χ0v) is 14.4. The minimum absolute atomic E-state index is 0.00540. The standard InChI is InChI=1S/C17H14N4O4S/c1-18-14-7-9(4-5-19-14)16-21-12(8-26-16)15(23)20-11-6-10(17(24)25)2-3-13(11)22/h2-8,22H,1H3,(H,18,19)(H,20,23)(H,24,25). The van der Waals surface area contributed by atoms with Crippen molar-refractivity contribution in [2.45, 2.75) is 0 Å². The Kier molecular flexibility index (Phi) is 4.81. The molecule has 0 aliphatic heterocycles. The lowest BCUT2D eigenvalue weighted by atomic mass is 10.2. The molecule has 2 heterocycles. The van der Waals surface area contributed by atoms with Crippen molar-refractivity contribution in [1.82, 2.24) is 9.97 Å². The molecule has 8 nitrogen and oxygen atoms in total. The zero-order valence-electron chi connectivity index (χ0n) is 13.6. The zero-order chi connectivity index (χ0) is 18.7. The Morgan fingerprint density at radius 2 is 2.00 bits per heavy atom. The van der Waals surface area contributed by atoms with Gasteiger partial charge in [-0.05, 0) is 30.3 Å². The number of carbonyl (C=O) groups excluding carboxylic acids is 1. The summed E-state index contributed by atoms with van der Waals surface area (Å²) >= 11 is 1.29. The van der Waals surface area contributed by atoms with Crippen LogP contribution in [0, 0.1) is 0 Å². The number of rotatable bonds is 5. The summed E-state index contributed by atoms with van der Waals surface area (Å²) in [5.41, 5.74) is 0.927. The molecular formula is C17H14N4O4S. The number of hydrogen-bond acceptors (Lipinski definition) is 7. The van der Waals surface area contributed by atoms with Crippen molar-refractivity contribution in [2.75, 3.05) is 17.7 Å². The van der Waals surface area contributed by atoms with E-state index < -0.39 is 11.9 Å². The number of benzene rings is 1. The quantitative estimate of drug-likeness (QED) is 0.509. The summed E-state index contributed by atoms with van der Waals surface area (Å²) in [5.74, 6) is -1.26. The molecular weight excluding hydrogens is 356 g/mol. The third-order valence-electron chi connectivity index (χ3n) is 3.49. The van der Waals surface area contributed by atoms with Crippen molar-refractivity contribution in [2.24, 2.45) is 0 Å². The van der Waals surface area contributed by atoms with Crippen LogP contribution in [0.4, 0.5) is 11.5 Å². The van der Waals surface area contributed by atoms with Gasteiger partial charge < -0.3 is 20.8 Å². The molecule has 0 spiro atoms. The lowest BCUT2D eigenvalue weighted by Crippen LogP contribution is -2.13. The van der Waals surface area contributed by atoms with Crippen molar-refractivity contribution in [3.05, 3.63) is 53.2 Å². The summed E-state index contributed by atoms with van der Waals surface area (Å²) in [6, 6.07) is 7.23. The minimum atomic E-state index is -1.16. The molecule has 9 heteroatoms. The van der Waals surface area contributed by atoms with Crippen LogP contribution >= 0.6 is 11.3 Å². The van der Waals surface area contributed by atoms with Crippen LogP contribution in [0.25, 0.3) is 10.6 Å². The lowest BCUT2D eigenvalue weighted by Gasteiger charge is -2.07. The fourth-order valence-corrected chi connectivity index (χ4v) is 2.96. The van der Waals surface area contributed by atoms with E-state index in [0.717, 1.165) is 5.56 Å². The third kappa shape index (κ3) is 3.62. The first kappa shape index (κ1) is 17.4. The smallest absolute Gasteiger partial charge is 0.335 e. The second-order valence-electron chi connectivity index (χ2n) is 5.21. The summed E-state index contributed by atoms with van der Waals surface area (Å²) in [4.78, 5) is 31.8. The van der Waals surface area contributed by atoms with Gasteiger partial charge in [0.2, 0.25) is 0 Å². The predicted octanol–water partition coefficient (Wildman–Crippen LogP) is 2.90. The van der Waals surface area contributed by atoms with Crippen LogP contribution in [0.3, 0.4) is 0 Å².